The molecule has 148 valence electrons. The number of nitrogens with zero attached hydrogens (tertiary/aromatic N) is 2. The van der Waals surface area contributed by atoms with E-state index < -0.39 is 17.3 Å². The molecule has 0 radical (unpaired) electrons. The summed E-state index contributed by atoms with van der Waals surface area (Å²) < 4.78 is 46.3. The molecule has 10 heteroatoms. The molecule has 0 amide bonds. The first-order valence-corrected chi connectivity index (χ1v) is 9.11. The summed E-state index contributed by atoms with van der Waals surface area (Å²) in [5, 5.41) is 10.7. The van der Waals surface area contributed by atoms with Crippen molar-refractivity contribution in [1.82, 2.24) is 14.8 Å². The van der Waals surface area contributed by atoms with Gasteiger partial charge >= 0.3 is 6.18 Å². The van der Waals surface area contributed by atoms with Gasteiger partial charge in [0.25, 0.3) is 5.56 Å². The van der Waals surface area contributed by atoms with Crippen LogP contribution in [0.4, 0.5) is 13.2 Å². The lowest BCUT2D eigenvalue weighted by Crippen LogP contribution is -2.16. The van der Waals surface area contributed by atoms with E-state index in [0.717, 1.165) is 27.7 Å². The maximum atomic E-state index is 13.1. The van der Waals surface area contributed by atoms with Gasteiger partial charge in [-0.2, -0.15) is 17.9 Å². The van der Waals surface area contributed by atoms with Crippen molar-refractivity contribution < 1.29 is 17.9 Å². The molecule has 0 unspecified atom stereocenters. The molecule has 29 heavy (non-hydrogen) atoms. The predicted octanol–water partition coefficient (Wildman–Crippen LogP) is 4.47. The fraction of sp³-hybridized carbons (Fsp3) is 0.105. The van der Waals surface area contributed by atoms with Gasteiger partial charge in [-0.15, -0.1) is 0 Å². The van der Waals surface area contributed by atoms with Crippen molar-refractivity contribution in [1.29, 1.82) is 5.41 Å². The van der Waals surface area contributed by atoms with Crippen LogP contribution in [-0.4, -0.2) is 28.1 Å². The van der Waals surface area contributed by atoms with Crippen LogP contribution in [0.5, 0.6) is 5.75 Å². The Labute approximate surface area is 165 Å². The number of H-pyrrole nitrogens is 1. The van der Waals surface area contributed by atoms with Crippen LogP contribution in [-0.2, 0) is 6.18 Å². The number of aromatic amines is 1. The maximum absolute atomic E-state index is 13.1. The van der Waals surface area contributed by atoms with Crippen LogP contribution in [0.15, 0.2) is 47.3 Å². The number of hydrogen-bond donors (Lipinski definition) is 2. The topological polar surface area (TPSA) is 83.8 Å². The molecule has 0 saturated heterocycles. The van der Waals surface area contributed by atoms with Crippen molar-refractivity contribution in [3.05, 3.63) is 63.9 Å². The van der Waals surface area contributed by atoms with Gasteiger partial charge < -0.3 is 10.1 Å². The zero-order valence-corrected chi connectivity index (χ0v) is 15.7. The number of alkyl halides is 3. The number of aromatic nitrogens is 3. The molecular weight excluding hydrogens is 405 g/mol. The first-order chi connectivity index (χ1) is 13.8. The molecule has 0 aliphatic heterocycles. The number of halogens is 3. The van der Waals surface area contributed by atoms with Crippen molar-refractivity contribution in [2.24, 2.45) is 0 Å². The Kier molecular flexibility index (Phi) is 4.50. The summed E-state index contributed by atoms with van der Waals surface area (Å²) in [6.07, 6.45) is -3.70. The Morgan fingerprint density at radius 3 is 2.72 bits per heavy atom. The van der Waals surface area contributed by atoms with Crippen molar-refractivity contribution in [2.45, 2.75) is 6.18 Å². The second-order valence-corrected chi connectivity index (χ2v) is 7.10. The third-order valence-corrected chi connectivity index (χ3v) is 5.33. The average Bonchev–Trinajstić information content (AvgIpc) is 3.27. The van der Waals surface area contributed by atoms with E-state index in [-0.39, 0.29) is 16.8 Å². The normalized spacial score (nSPS) is 11.7. The Hall–Kier alpha value is -3.40. The minimum Gasteiger partial charge on any atom is -0.497 e. The van der Waals surface area contributed by atoms with Gasteiger partial charge in [-0.1, -0.05) is 23.5 Å². The van der Waals surface area contributed by atoms with E-state index in [4.69, 9.17) is 10.1 Å². The molecule has 2 N–H and O–H groups in total. The van der Waals surface area contributed by atoms with Crippen LogP contribution in [0.2, 0.25) is 0 Å². The van der Waals surface area contributed by atoms with Crippen molar-refractivity contribution >= 4 is 27.8 Å². The van der Waals surface area contributed by atoms with Gasteiger partial charge in [0, 0.05) is 11.8 Å². The largest absolute Gasteiger partial charge is 0.497 e. The number of nitrogens with one attached hydrogen (secondary N) is 2. The number of hydrogen-bond acceptors (Lipinski definition) is 5. The van der Waals surface area contributed by atoms with E-state index in [9.17, 15) is 18.0 Å². The molecule has 2 aromatic heterocycles. The van der Waals surface area contributed by atoms with Gasteiger partial charge in [0.1, 0.15) is 5.75 Å². The lowest BCUT2D eigenvalue weighted by atomic mass is 10.1. The van der Waals surface area contributed by atoms with E-state index in [1.54, 1.807) is 18.2 Å². The molecule has 4 aromatic rings. The van der Waals surface area contributed by atoms with E-state index in [1.165, 1.54) is 30.6 Å². The molecule has 0 bridgehead atoms. The summed E-state index contributed by atoms with van der Waals surface area (Å²) in [5.41, 5.74) is -0.555. The Balaban J connectivity index is 1.87. The summed E-state index contributed by atoms with van der Waals surface area (Å²) >= 11 is 1.21. The second kappa shape index (κ2) is 6.89. The summed E-state index contributed by atoms with van der Waals surface area (Å²) in [5.74, 6) is 0.636. The lowest BCUT2D eigenvalue weighted by molar-refractivity contribution is -0.137. The third-order valence-electron chi connectivity index (χ3n) is 4.32. The average molecular weight is 418 g/mol. The number of ether oxygens (including phenoxy) is 1. The number of thiazole rings is 1. The van der Waals surface area contributed by atoms with Gasteiger partial charge in [0.15, 0.2) is 0 Å². The predicted molar refractivity (Wildman–Crippen MR) is 104 cm³/mol. The van der Waals surface area contributed by atoms with Crippen LogP contribution in [0.1, 0.15) is 11.1 Å². The Morgan fingerprint density at radius 2 is 2.03 bits per heavy atom. The van der Waals surface area contributed by atoms with Crippen LogP contribution < -0.4 is 10.3 Å². The number of benzene rings is 2. The molecule has 4 rings (SSSR count). The summed E-state index contributed by atoms with van der Waals surface area (Å²) in [6, 6.07) is 9.84. The van der Waals surface area contributed by atoms with Crippen molar-refractivity contribution in [2.75, 3.05) is 7.11 Å². The molecule has 0 spiro atoms. The van der Waals surface area contributed by atoms with Crippen LogP contribution >= 0.6 is 11.3 Å². The minimum absolute atomic E-state index is 0.0545. The number of rotatable bonds is 4. The molecule has 0 fully saturated rings. The van der Waals surface area contributed by atoms with Crippen LogP contribution in [0.3, 0.4) is 0 Å². The monoisotopic (exact) mass is 418 g/mol. The first-order valence-electron chi connectivity index (χ1n) is 8.30. The molecule has 6 nitrogen and oxygen atoms in total. The Morgan fingerprint density at radius 1 is 1.24 bits per heavy atom. The summed E-state index contributed by atoms with van der Waals surface area (Å²) in [7, 11) is 1.54. The lowest BCUT2D eigenvalue weighted by Gasteiger charge is -2.08. The third kappa shape index (κ3) is 3.31. The molecular formula is C19H13F3N4O2S. The van der Waals surface area contributed by atoms with Gasteiger partial charge in [0.05, 0.1) is 34.1 Å². The zero-order valence-electron chi connectivity index (χ0n) is 14.9. The summed E-state index contributed by atoms with van der Waals surface area (Å²) in [4.78, 5) is 17.2. The first kappa shape index (κ1) is 18.9. The minimum atomic E-state index is -4.52. The van der Waals surface area contributed by atoms with Crippen molar-refractivity contribution in [3.8, 4) is 22.1 Å². The zero-order chi connectivity index (χ0) is 20.8. The SMILES string of the molecule is COc1ccc2nc(-n3[nH]c(-c4cccc(C(F)(F)F)c4)c(C=N)c3=O)sc2c1. The van der Waals surface area contributed by atoms with E-state index in [0.29, 0.717) is 16.4 Å². The van der Waals surface area contributed by atoms with Crippen LogP contribution in [0.25, 0.3) is 26.6 Å². The molecule has 2 heterocycles. The fourth-order valence-corrected chi connectivity index (χ4v) is 3.86. The standard InChI is InChI=1S/C19H13F3N4O2S/c1-28-12-5-6-14-15(8-12)29-18(24-14)26-17(27)13(9-23)16(25-26)10-3-2-4-11(7-10)19(20,21)22/h2-9,23,25H,1H3. The molecule has 0 saturated carbocycles. The number of fused-ring (bicyclic) bond motifs is 1. The van der Waals surface area contributed by atoms with Gasteiger partial charge in [-0.05, 0) is 30.3 Å². The molecule has 0 atom stereocenters. The number of methoxy groups -OCH3 is 1. The van der Waals surface area contributed by atoms with E-state index >= 15 is 0 Å². The quantitative estimate of drug-likeness (QED) is 0.480. The van der Waals surface area contributed by atoms with Gasteiger partial charge in [0.2, 0.25) is 5.13 Å². The molecule has 0 aliphatic rings. The maximum Gasteiger partial charge on any atom is 0.416 e. The highest BCUT2D eigenvalue weighted by Gasteiger charge is 2.31. The van der Waals surface area contributed by atoms with Gasteiger partial charge in [-0.3, -0.25) is 9.89 Å². The highest BCUT2D eigenvalue weighted by atomic mass is 32.1. The smallest absolute Gasteiger partial charge is 0.416 e. The van der Waals surface area contributed by atoms with E-state index in [2.05, 4.69) is 10.1 Å². The van der Waals surface area contributed by atoms with Gasteiger partial charge in [-0.25, -0.2) is 4.98 Å². The Bertz CT molecular complexity index is 1290. The molecule has 2 aromatic carbocycles. The van der Waals surface area contributed by atoms with Crippen molar-refractivity contribution in [3.63, 3.8) is 0 Å². The highest BCUT2D eigenvalue weighted by Crippen LogP contribution is 2.33. The highest BCUT2D eigenvalue weighted by molar-refractivity contribution is 7.20. The van der Waals surface area contributed by atoms with Crippen LogP contribution in [0, 0.1) is 5.41 Å². The summed E-state index contributed by atoms with van der Waals surface area (Å²) in [6.45, 7) is 0. The second-order valence-electron chi connectivity index (χ2n) is 6.09. The fourth-order valence-electron chi connectivity index (χ4n) is 2.91. The molecule has 0 aliphatic carbocycles. The van der Waals surface area contributed by atoms with E-state index in [1.807, 2.05) is 0 Å².